The van der Waals surface area contributed by atoms with Gasteiger partial charge in [-0.2, -0.15) is 0 Å². The van der Waals surface area contributed by atoms with Crippen LogP contribution in [0.5, 0.6) is 0 Å². The number of esters is 1. The lowest BCUT2D eigenvalue weighted by Gasteiger charge is -2.05. The maximum atomic E-state index is 11.4. The number of carbonyl (C=O) groups excluding carboxylic acids is 1. The van der Waals surface area contributed by atoms with Crippen molar-refractivity contribution in [1.82, 2.24) is 5.32 Å². The van der Waals surface area contributed by atoms with Crippen LogP contribution < -0.4 is 5.32 Å². The van der Waals surface area contributed by atoms with Crippen LogP contribution in [0.25, 0.3) is 0 Å². The third-order valence-corrected chi connectivity index (χ3v) is 4.17. The van der Waals surface area contributed by atoms with E-state index in [9.17, 15) is 4.79 Å². The van der Waals surface area contributed by atoms with Crippen molar-refractivity contribution in [1.29, 1.82) is 0 Å². The second kappa shape index (κ2) is 7.86. The highest BCUT2D eigenvalue weighted by atomic mass is 32.2. The molecule has 0 aliphatic rings. The normalized spacial score (nSPS) is 10.4. The van der Waals surface area contributed by atoms with Gasteiger partial charge in [0, 0.05) is 17.2 Å². The topological polar surface area (TPSA) is 38.3 Å². The van der Waals surface area contributed by atoms with Crippen LogP contribution in [0.2, 0.25) is 0 Å². The molecule has 4 heteroatoms. The lowest BCUT2D eigenvalue weighted by atomic mass is 10.1. The molecule has 0 spiro atoms. The molecule has 110 valence electrons. The van der Waals surface area contributed by atoms with E-state index in [0.717, 1.165) is 12.3 Å². The van der Waals surface area contributed by atoms with E-state index < -0.39 is 0 Å². The van der Waals surface area contributed by atoms with Crippen molar-refractivity contribution in [2.45, 2.75) is 17.2 Å². The van der Waals surface area contributed by atoms with Crippen molar-refractivity contribution < 1.29 is 9.53 Å². The van der Waals surface area contributed by atoms with Crippen LogP contribution in [0, 0.1) is 0 Å². The van der Waals surface area contributed by atoms with Gasteiger partial charge < -0.3 is 10.1 Å². The SMILES string of the molecule is CNCc1ccc(SCc2ccc(C(=O)OC)cc2)cc1. The third kappa shape index (κ3) is 4.62. The van der Waals surface area contributed by atoms with Crippen LogP contribution in [-0.4, -0.2) is 20.1 Å². The molecule has 2 rings (SSSR count). The Balaban J connectivity index is 1.91. The van der Waals surface area contributed by atoms with Crippen molar-refractivity contribution in [3.05, 3.63) is 65.2 Å². The fourth-order valence-electron chi connectivity index (χ4n) is 1.93. The number of methoxy groups -OCH3 is 1. The number of carbonyl (C=O) groups is 1. The minimum atomic E-state index is -0.297. The minimum absolute atomic E-state index is 0.297. The Kier molecular flexibility index (Phi) is 5.84. The Bertz CT molecular complexity index is 579. The molecule has 0 saturated heterocycles. The van der Waals surface area contributed by atoms with E-state index in [-0.39, 0.29) is 5.97 Å². The Hall–Kier alpha value is -1.78. The summed E-state index contributed by atoms with van der Waals surface area (Å²) in [5, 5.41) is 3.14. The number of rotatable bonds is 6. The summed E-state index contributed by atoms with van der Waals surface area (Å²) in [6, 6.07) is 16.1. The van der Waals surface area contributed by atoms with Gasteiger partial charge in [-0.05, 0) is 42.4 Å². The van der Waals surface area contributed by atoms with Crippen LogP contribution in [0.3, 0.4) is 0 Å². The van der Waals surface area contributed by atoms with Gasteiger partial charge in [-0.25, -0.2) is 4.79 Å². The van der Waals surface area contributed by atoms with E-state index in [4.69, 9.17) is 0 Å². The highest BCUT2D eigenvalue weighted by molar-refractivity contribution is 7.98. The summed E-state index contributed by atoms with van der Waals surface area (Å²) in [4.78, 5) is 12.6. The molecule has 1 N–H and O–H groups in total. The van der Waals surface area contributed by atoms with E-state index in [1.807, 2.05) is 19.2 Å². The average Bonchev–Trinajstić information content (AvgIpc) is 2.54. The Morgan fingerprint density at radius 2 is 1.67 bits per heavy atom. The molecule has 3 nitrogen and oxygen atoms in total. The smallest absolute Gasteiger partial charge is 0.337 e. The predicted molar refractivity (Wildman–Crippen MR) is 86.5 cm³/mol. The third-order valence-electron chi connectivity index (χ3n) is 3.08. The molecule has 0 heterocycles. The standard InChI is InChI=1S/C17H19NO2S/c1-18-11-13-5-9-16(10-6-13)21-12-14-3-7-15(8-4-14)17(19)20-2/h3-10,18H,11-12H2,1-2H3. The fourth-order valence-corrected chi connectivity index (χ4v) is 2.78. The molecule has 0 saturated carbocycles. The average molecular weight is 301 g/mol. The molecule has 0 aromatic heterocycles. The van der Waals surface area contributed by atoms with Gasteiger partial charge in [0.2, 0.25) is 0 Å². The van der Waals surface area contributed by atoms with Crippen LogP contribution in [0.15, 0.2) is 53.4 Å². The first-order chi connectivity index (χ1) is 10.2. The van der Waals surface area contributed by atoms with Crippen molar-refractivity contribution in [3.8, 4) is 0 Å². The van der Waals surface area contributed by atoms with E-state index in [1.165, 1.54) is 23.1 Å². The lowest BCUT2D eigenvalue weighted by molar-refractivity contribution is 0.0600. The van der Waals surface area contributed by atoms with Gasteiger partial charge in [0.05, 0.1) is 12.7 Å². The monoisotopic (exact) mass is 301 g/mol. The van der Waals surface area contributed by atoms with Gasteiger partial charge in [0.1, 0.15) is 0 Å². The van der Waals surface area contributed by atoms with Gasteiger partial charge >= 0.3 is 5.97 Å². The number of benzene rings is 2. The summed E-state index contributed by atoms with van der Waals surface area (Å²) in [5.41, 5.74) is 3.05. The van der Waals surface area contributed by atoms with E-state index in [0.29, 0.717) is 5.56 Å². The first-order valence-electron chi connectivity index (χ1n) is 6.76. The van der Waals surface area contributed by atoms with Gasteiger partial charge in [-0.1, -0.05) is 24.3 Å². The molecule has 0 aliphatic carbocycles. The van der Waals surface area contributed by atoms with E-state index >= 15 is 0 Å². The Morgan fingerprint density at radius 3 is 2.24 bits per heavy atom. The van der Waals surface area contributed by atoms with Crippen molar-refractivity contribution in [2.24, 2.45) is 0 Å². The van der Waals surface area contributed by atoms with Gasteiger partial charge in [-0.3, -0.25) is 0 Å². The highest BCUT2D eigenvalue weighted by Crippen LogP contribution is 2.23. The molecule has 21 heavy (non-hydrogen) atoms. The highest BCUT2D eigenvalue weighted by Gasteiger charge is 2.04. The maximum Gasteiger partial charge on any atom is 0.337 e. The first kappa shape index (κ1) is 15.6. The molecule has 0 bridgehead atoms. The summed E-state index contributed by atoms with van der Waals surface area (Å²) in [6.45, 7) is 0.889. The zero-order valence-electron chi connectivity index (χ0n) is 12.3. The van der Waals surface area contributed by atoms with Crippen LogP contribution in [0.4, 0.5) is 0 Å². The molecule has 0 unspecified atom stereocenters. The number of nitrogens with one attached hydrogen (secondary N) is 1. The summed E-state index contributed by atoms with van der Waals surface area (Å²) in [5.74, 6) is 0.585. The van der Waals surface area contributed by atoms with E-state index in [2.05, 4.69) is 34.3 Å². The molecular weight excluding hydrogens is 282 g/mol. The number of hydrogen-bond donors (Lipinski definition) is 1. The maximum absolute atomic E-state index is 11.4. The molecule has 0 atom stereocenters. The van der Waals surface area contributed by atoms with Gasteiger partial charge in [0.25, 0.3) is 0 Å². The van der Waals surface area contributed by atoms with Crippen LogP contribution >= 0.6 is 11.8 Å². The largest absolute Gasteiger partial charge is 0.465 e. The zero-order chi connectivity index (χ0) is 15.1. The molecule has 0 aliphatic heterocycles. The summed E-state index contributed by atoms with van der Waals surface area (Å²) in [7, 11) is 3.34. The van der Waals surface area contributed by atoms with Crippen molar-refractivity contribution in [2.75, 3.05) is 14.2 Å². The quantitative estimate of drug-likeness (QED) is 0.655. The summed E-state index contributed by atoms with van der Waals surface area (Å²) < 4.78 is 4.69. The van der Waals surface area contributed by atoms with Crippen molar-refractivity contribution >= 4 is 17.7 Å². The molecule has 2 aromatic carbocycles. The van der Waals surface area contributed by atoms with Crippen molar-refractivity contribution in [3.63, 3.8) is 0 Å². The number of thioether (sulfide) groups is 1. The number of ether oxygens (including phenoxy) is 1. The van der Waals surface area contributed by atoms with Gasteiger partial charge in [-0.15, -0.1) is 11.8 Å². The second-order valence-corrected chi connectivity index (χ2v) is 5.70. The predicted octanol–water partition coefficient (Wildman–Crippen LogP) is 3.48. The first-order valence-corrected chi connectivity index (χ1v) is 7.75. The zero-order valence-corrected chi connectivity index (χ0v) is 13.1. The molecule has 0 amide bonds. The van der Waals surface area contributed by atoms with E-state index in [1.54, 1.807) is 23.9 Å². The molecule has 2 aromatic rings. The number of hydrogen-bond acceptors (Lipinski definition) is 4. The summed E-state index contributed by atoms with van der Waals surface area (Å²) >= 11 is 1.78. The second-order valence-electron chi connectivity index (χ2n) is 4.65. The Labute approximate surface area is 129 Å². The van der Waals surface area contributed by atoms with Gasteiger partial charge in [0.15, 0.2) is 0 Å². The fraction of sp³-hybridized carbons (Fsp3) is 0.235. The minimum Gasteiger partial charge on any atom is -0.465 e. The molecule has 0 fully saturated rings. The van der Waals surface area contributed by atoms with Crippen LogP contribution in [0.1, 0.15) is 21.5 Å². The lowest BCUT2D eigenvalue weighted by Crippen LogP contribution is -2.04. The summed E-state index contributed by atoms with van der Waals surface area (Å²) in [6.07, 6.45) is 0. The molecule has 0 radical (unpaired) electrons. The Morgan fingerprint density at radius 1 is 1.05 bits per heavy atom. The van der Waals surface area contributed by atoms with Crippen LogP contribution in [-0.2, 0) is 17.0 Å². The molecular formula is C17H19NO2S.